The number of hydrogen-bond acceptors (Lipinski definition) is 6. The van der Waals surface area contributed by atoms with Gasteiger partial charge in [-0.15, -0.1) is 0 Å². The summed E-state index contributed by atoms with van der Waals surface area (Å²) in [5, 5.41) is 0. The maximum atomic E-state index is 6.23. The van der Waals surface area contributed by atoms with Gasteiger partial charge >= 0.3 is 0 Å². The molecule has 6 heteroatoms. The molecule has 2 N–H and O–H groups in total. The number of aryl methyl sites for hydroxylation is 2. The number of hydrogen-bond donors (Lipinski definition) is 1. The Morgan fingerprint density at radius 2 is 1.66 bits per heavy atom. The van der Waals surface area contributed by atoms with Crippen molar-refractivity contribution in [2.24, 2.45) is 15.7 Å². The van der Waals surface area contributed by atoms with Crippen LogP contribution in [-0.4, -0.2) is 30.2 Å². The van der Waals surface area contributed by atoms with Crippen LogP contribution in [0.15, 0.2) is 64.7 Å². The molecule has 0 fully saturated rings. The minimum Gasteiger partial charge on any atom is -0.496 e. The molecule has 32 heavy (non-hydrogen) atoms. The van der Waals surface area contributed by atoms with Gasteiger partial charge in [0.15, 0.2) is 0 Å². The van der Waals surface area contributed by atoms with Crippen LogP contribution in [0.2, 0.25) is 0 Å². The predicted octanol–water partition coefficient (Wildman–Crippen LogP) is 4.81. The van der Waals surface area contributed by atoms with Crippen LogP contribution < -0.4 is 15.2 Å². The highest BCUT2D eigenvalue weighted by atomic mass is 16.5. The summed E-state index contributed by atoms with van der Waals surface area (Å²) < 4.78 is 11.0. The summed E-state index contributed by atoms with van der Waals surface area (Å²) in [5.41, 5.74) is 12.0. The molecule has 2 heterocycles. The molecule has 0 saturated carbocycles. The largest absolute Gasteiger partial charge is 0.496 e. The SMILES string of the molecule is CCOc1ccc(-c2cccc(C3(c4cc(C)c(OC)c(C)c4)N=C(C)C(N)=N3)c2)cn1. The van der Waals surface area contributed by atoms with Crippen LogP contribution in [0.1, 0.15) is 36.1 Å². The van der Waals surface area contributed by atoms with Crippen LogP contribution >= 0.6 is 0 Å². The van der Waals surface area contributed by atoms with Crippen molar-refractivity contribution in [2.75, 3.05) is 13.7 Å². The van der Waals surface area contributed by atoms with E-state index in [0.717, 1.165) is 44.8 Å². The lowest BCUT2D eigenvalue weighted by atomic mass is 9.88. The fraction of sp³-hybridized carbons (Fsp3) is 0.269. The van der Waals surface area contributed by atoms with Gasteiger partial charge in [0.2, 0.25) is 11.5 Å². The van der Waals surface area contributed by atoms with Crippen molar-refractivity contribution in [1.29, 1.82) is 0 Å². The first-order valence-corrected chi connectivity index (χ1v) is 10.7. The summed E-state index contributed by atoms with van der Waals surface area (Å²) in [4.78, 5) is 14.2. The zero-order chi connectivity index (χ0) is 22.9. The van der Waals surface area contributed by atoms with Crippen LogP contribution in [-0.2, 0) is 5.66 Å². The van der Waals surface area contributed by atoms with Crippen molar-refractivity contribution < 1.29 is 9.47 Å². The van der Waals surface area contributed by atoms with Crippen LogP contribution in [0.4, 0.5) is 0 Å². The third-order valence-corrected chi connectivity index (χ3v) is 5.68. The molecule has 1 unspecified atom stereocenters. The van der Waals surface area contributed by atoms with Gasteiger partial charge in [0.1, 0.15) is 11.6 Å². The predicted molar refractivity (Wildman–Crippen MR) is 129 cm³/mol. The molecule has 6 nitrogen and oxygen atoms in total. The van der Waals surface area contributed by atoms with Gasteiger partial charge in [-0.2, -0.15) is 0 Å². The number of aromatic nitrogens is 1. The Morgan fingerprint density at radius 1 is 0.906 bits per heavy atom. The molecule has 1 atom stereocenters. The highest BCUT2D eigenvalue weighted by Gasteiger charge is 2.39. The van der Waals surface area contributed by atoms with Crippen molar-refractivity contribution in [2.45, 2.75) is 33.4 Å². The second-order valence-corrected chi connectivity index (χ2v) is 7.91. The molecule has 1 aliphatic rings. The standard InChI is InChI=1S/C26H28N4O2/c1-6-32-23-11-10-20(15-28-23)19-8-7-9-21(14-19)26(29-18(4)25(27)30-26)22-12-16(2)24(31-5)17(3)13-22/h7-15H,6H2,1-5H3,(H2,27,30). The first-order chi connectivity index (χ1) is 15.4. The number of methoxy groups -OCH3 is 1. The van der Waals surface area contributed by atoms with Crippen molar-refractivity contribution in [3.63, 3.8) is 0 Å². The maximum absolute atomic E-state index is 6.23. The van der Waals surface area contributed by atoms with E-state index in [-0.39, 0.29) is 0 Å². The highest BCUT2D eigenvalue weighted by Crippen LogP contribution is 2.42. The van der Waals surface area contributed by atoms with E-state index in [9.17, 15) is 0 Å². The fourth-order valence-corrected chi connectivity index (χ4v) is 4.18. The Bertz CT molecular complexity index is 1170. The summed E-state index contributed by atoms with van der Waals surface area (Å²) in [7, 11) is 1.69. The third kappa shape index (κ3) is 3.73. The van der Waals surface area contributed by atoms with Crippen LogP contribution in [0.5, 0.6) is 11.6 Å². The molecule has 0 radical (unpaired) electrons. The van der Waals surface area contributed by atoms with Crippen molar-refractivity contribution in [1.82, 2.24) is 4.98 Å². The van der Waals surface area contributed by atoms with E-state index in [2.05, 4.69) is 29.2 Å². The number of rotatable bonds is 6. The lowest BCUT2D eigenvalue weighted by Gasteiger charge is -2.26. The smallest absolute Gasteiger partial charge is 0.213 e. The van der Waals surface area contributed by atoms with E-state index < -0.39 is 5.66 Å². The normalized spacial score (nSPS) is 17.7. The number of nitrogens with two attached hydrogens (primary N) is 1. The molecule has 0 amide bonds. The first-order valence-electron chi connectivity index (χ1n) is 10.7. The van der Waals surface area contributed by atoms with Gasteiger partial charge in [0, 0.05) is 29.0 Å². The Hall–Kier alpha value is -3.67. The minimum absolute atomic E-state index is 0.448. The monoisotopic (exact) mass is 428 g/mol. The molecule has 0 saturated heterocycles. The molecule has 1 aliphatic heterocycles. The van der Waals surface area contributed by atoms with Crippen molar-refractivity contribution in [3.8, 4) is 22.8 Å². The highest BCUT2D eigenvalue weighted by molar-refractivity contribution is 6.41. The number of ether oxygens (including phenoxy) is 2. The van der Waals surface area contributed by atoms with Gasteiger partial charge in [-0.05, 0) is 68.7 Å². The Morgan fingerprint density at radius 3 is 2.22 bits per heavy atom. The fourth-order valence-electron chi connectivity index (χ4n) is 4.18. The van der Waals surface area contributed by atoms with Gasteiger partial charge in [-0.1, -0.05) is 18.2 Å². The summed E-state index contributed by atoms with van der Waals surface area (Å²) in [6, 6.07) is 16.3. The maximum Gasteiger partial charge on any atom is 0.213 e. The van der Waals surface area contributed by atoms with Crippen LogP contribution in [0, 0.1) is 13.8 Å². The number of benzene rings is 2. The minimum atomic E-state index is -0.940. The Balaban J connectivity index is 1.86. The molecule has 0 bridgehead atoms. The van der Waals surface area contributed by atoms with E-state index in [0.29, 0.717) is 18.3 Å². The van der Waals surface area contributed by atoms with E-state index in [1.807, 2.05) is 58.2 Å². The van der Waals surface area contributed by atoms with E-state index in [1.54, 1.807) is 7.11 Å². The summed E-state index contributed by atoms with van der Waals surface area (Å²) >= 11 is 0. The van der Waals surface area contributed by atoms with Crippen molar-refractivity contribution >= 4 is 11.5 Å². The molecule has 0 aliphatic carbocycles. The number of pyridine rings is 1. The average Bonchev–Trinajstić information content (AvgIpc) is 3.10. The molecule has 2 aromatic carbocycles. The molecule has 3 aromatic rings. The van der Waals surface area contributed by atoms with Gasteiger partial charge in [-0.3, -0.25) is 0 Å². The topological polar surface area (TPSA) is 82.1 Å². The Labute approximate surface area is 188 Å². The quantitative estimate of drug-likeness (QED) is 0.611. The first kappa shape index (κ1) is 21.6. The van der Waals surface area contributed by atoms with Crippen LogP contribution in [0.25, 0.3) is 11.1 Å². The van der Waals surface area contributed by atoms with Crippen LogP contribution in [0.3, 0.4) is 0 Å². The summed E-state index contributed by atoms with van der Waals surface area (Å²) in [6.45, 7) is 8.48. The molecule has 164 valence electrons. The van der Waals surface area contributed by atoms with E-state index in [4.69, 9.17) is 25.2 Å². The number of nitrogens with zero attached hydrogens (tertiary/aromatic N) is 3. The third-order valence-electron chi connectivity index (χ3n) is 5.68. The molecule has 4 rings (SSSR count). The second-order valence-electron chi connectivity index (χ2n) is 7.91. The second kappa shape index (κ2) is 8.46. The van der Waals surface area contributed by atoms with Gasteiger partial charge in [0.05, 0.1) is 19.4 Å². The van der Waals surface area contributed by atoms with Gasteiger partial charge in [0.25, 0.3) is 0 Å². The van der Waals surface area contributed by atoms with Gasteiger partial charge in [-0.25, -0.2) is 15.0 Å². The summed E-state index contributed by atoms with van der Waals surface area (Å²) in [5.74, 6) is 1.93. The van der Waals surface area contributed by atoms with E-state index in [1.165, 1.54) is 0 Å². The van der Waals surface area contributed by atoms with Crippen molar-refractivity contribution in [3.05, 3.63) is 77.0 Å². The summed E-state index contributed by atoms with van der Waals surface area (Å²) in [6.07, 6.45) is 1.82. The number of amidine groups is 1. The average molecular weight is 429 g/mol. The Kier molecular flexibility index (Phi) is 5.70. The lowest BCUT2D eigenvalue weighted by Crippen LogP contribution is -2.23. The lowest BCUT2D eigenvalue weighted by molar-refractivity contribution is 0.327. The number of aliphatic imine (C=N–C) groups is 2. The zero-order valence-electron chi connectivity index (χ0n) is 19.1. The zero-order valence-corrected chi connectivity index (χ0v) is 19.1. The molecule has 1 aromatic heterocycles. The molecule has 0 spiro atoms. The molecular weight excluding hydrogens is 400 g/mol. The van der Waals surface area contributed by atoms with Gasteiger partial charge < -0.3 is 15.2 Å². The molecular formula is C26H28N4O2. The van der Waals surface area contributed by atoms with E-state index >= 15 is 0 Å².